The molecule has 14 heavy (non-hydrogen) atoms. The lowest BCUT2D eigenvalue weighted by atomic mass is 9.81. The predicted molar refractivity (Wildman–Crippen MR) is 52.2 cm³/mol. The van der Waals surface area contributed by atoms with Gasteiger partial charge in [-0.05, 0) is 0 Å². The average molecular weight is 326 g/mol. The molecule has 0 aromatic rings. The second-order valence-corrected chi connectivity index (χ2v) is 5.86. The molecular formula is C8H6Br2O4. The van der Waals surface area contributed by atoms with Crippen molar-refractivity contribution in [3.05, 3.63) is 0 Å². The summed E-state index contributed by atoms with van der Waals surface area (Å²) in [5.74, 6) is -1.66. The fourth-order valence-corrected chi connectivity index (χ4v) is 3.97. The molecular weight excluding hydrogens is 320 g/mol. The van der Waals surface area contributed by atoms with E-state index in [2.05, 4.69) is 36.6 Å². The van der Waals surface area contributed by atoms with Gasteiger partial charge in [-0.1, -0.05) is 31.9 Å². The van der Waals surface area contributed by atoms with Crippen LogP contribution in [0.15, 0.2) is 0 Å². The number of esters is 2. The molecule has 0 unspecified atom stereocenters. The van der Waals surface area contributed by atoms with E-state index >= 15 is 0 Å². The third-order valence-corrected chi connectivity index (χ3v) is 5.98. The third kappa shape index (κ3) is 0.919. The quantitative estimate of drug-likeness (QED) is 0.372. The molecule has 4 nitrogen and oxygen atoms in total. The molecule has 0 aromatic carbocycles. The van der Waals surface area contributed by atoms with E-state index in [0.717, 1.165) is 0 Å². The molecule has 0 spiro atoms. The van der Waals surface area contributed by atoms with Crippen molar-refractivity contribution in [1.29, 1.82) is 0 Å². The molecule has 0 aliphatic carbocycles. The normalized spacial score (nSPS) is 55.0. The smallest absolute Gasteiger partial charge is 0.320 e. The molecule has 2 bridgehead atoms. The van der Waals surface area contributed by atoms with Crippen molar-refractivity contribution in [2.45, 2.75) is 21.9 Å². The second-order valence-electron chi connectivity index (χ2n) is 3.75. The molecule has 6 atom stereocenters. The second kappa shape index (κ2) is 2.80. The lowest BCUT2D eigenvalue weighted by Gasteiger charge is -2.23. The molecule has 3 aliphatic rings. The lowest BCUT2D eigenvalue weighted by Crippen LogP contribution is -2.42. The molecule has 0 radical (unpaired) electrons. The van der Waals surface area contributed by atoms with Crippen molar-refractivity contribution in [1.82, 2.24) is 0 Å². The summed E-state index contributed by atoms with van der Waals surface area (Å²) in [6, 6.07) is 0. The highest BCUT2D eigenvalue weighted by molar-refractivity contribution is 9.12. The van der Waals surface area contributed by atoms with Crippen LogP contribution in [0.3, 0.4) is 0 Å². The van der Waals surface area contributed by atoms with Gasteiger partial charge in [0.2, 0.25) is 0 Å². The van der Waals surface area contributed by atoms with Gasteiger partial charge in [-0.2, -0.15) is 0 Å². The minimum atomic E-state index is -0.434. The van der Waals surface area contributed by atoms with Crippen molar-refractivity contribution in [2.24, 2.45) is 11.8 Å². The highest BCUT2D eigenvalue weighted by Crippen LogP contribution is 2.52. The number of ether oxygens (including phenoxy) is 2. The Hall–Kier alpha value is 0.0600. The highest BCUT2D eigenvalue weighted by Gasteiger charge is 2.67. The summed E-state index contributed by atoms with van der Waals surface area (Å²) in [4.78, 5) is 22.9. The number of carbonyl (C=O) groups is 2. The molecule has 0 aromatic heterocycles. The topological polar surface area (TPSA) is 52.6 Å². The van der Waals surface area contributed by atoms with Gasteiger partial charge in [-0.15, -0.1) is 0 Å². The predicted octanol–water partition coefficient (Wildman–Crippen LogP) is 0.610. The Morgan fingerprint density at radius 1 is 0.929 bits per heavy atom. The third-order valence-electron chi connectivity index (χ3n) is 3.09. The van der Waals surface area contributed by atoms with Gasteiger partial charge < -0.3 is 9.47 Å². The van der Waals surface area contributed by atoms with E-state index in [1.54, 1.807) is 0 Å². The number of carbonyl (C=O) groups excluding carboxylic acids is 2. The van der Waals surface area contributed by atoms with Gasteiger partial charge in [-0.3, -0.25) is 9.59 Å². The van der Waals surface area contributed by atoms with Crippen LogP contribution in [0.5, 0.6) is 0 Å². The fraction of sp³-hybridized carbons (Fsp3) is 0.750. The molecule has 0 saturated carbocycles. The first-order chi connectivity index (χ1) is 6.61. The van der Waals surface area contributed by atoms with Crippen molar-refractivity contribution < 1.29 is 19.1 Å². The van der Waals surface area contributed by atoms with Crippen molar-refractivity contribution in [3.8, 4) is 0 Å². The highest BCUT2D eigenvalue weighted by atomic mass is 79.9. The Kier molecular flexibility index (Phi) is 1.86. The number of rotatable bonds is 0. The Morgan fingerprint density at radius 2 is 1.36 bits per heavy atom. The van der Waals surface area contributed by atoms with Crippen molar-refractivity contribution in [2.75, 3.05) is 0 Å². The maximum atomic E-state index is 11.3. The van der Waals surface area contributed by atoms with Gasteiger partial charge in [0.1, 0.15) is 11.8 Å². The minimum absolute atomic E-state index is 0.0761. The molecule has 6 heteroatoms. The zero-order valence-corrected chi connectivity index (χ0v) is 10.0. The van der Waals surface area contributed by atoms with Crippen LogP contribution < -0.4 is 0 Å². The van der Waals surface area contributed by atoms with Crippen LogP contribution in [0.4, 0.5) is 0 Å². The van der Waals surface area contributed by atoms with Gasteiger partial charge in [-0.25, -0.2) is 0 Å². The van der Waals surface area contributed by atoms with E-state index < -0.39 is 23.8 Å². The molecule has 3 fully saturated rings. The Morgan fingerprint density at radius 3 is 1.79 bits per heavy atom. The van der Waals surface area contributed by atoms with E-state index in [9.17, 15) is 9.59 Å². The van der Waals surface area contributed by atoms with E-state index in [-0.39, 0.29) is 21.9 Å². The van der Waals surface area contributed by atoms with Crippen LogP contribution in [0, 0.1) is 11.8 Å². The SMILES string of the molecule is O=C1OC(=O)[C@@H]2[C@H]3O[C@@H]([C@H](Br)[C@@H]3Br)[C@@H]12. The standard InChI is InChI=1S/C8H6Br2O4/c9-3-4(10)6-2-1(5(3)13-6)7(11)14-8(2)12/h1-6H/t1-,2-,3-,4+,5+,6+/m0/s1. The molecule has 0 N–H and O–H groups in total. The molecule has 76 valence electrons. The van der Waals surface area contributed by atoms with Crippen LogP contribution >= 0.6 is 31.9 Å². The van der Waals surface area contributed by atoms with Crippen LogP contribution in [0.1, 0.15) is 0 Å². The van der Waals surface area contributed by atoms with Crippen molar-refractivity contribution >= 4 is 43.8 Å². The van der Waals surface area contributed by atoms with Crippen LogP contribution in [0.25, 0.3) is 0 Å². The van der Waals surface area contributed by atoms with Crippen molar-refractivity contribution in [3.63, 3.8) is 0 Å². The largest absolute Gasteiger partial charge is 0.393 e. The lowest BCUT2D eigenvalue weighted by molar-refractivity contribution is -0.156. The van der Waals surface area contributed by atoms with E-state index in [1.807, 2.05) is 0 Å². The number of alkyl halides is 2. The average Bonchev–Trinajstić information content (AvgIpc) is 2.71. The Bertz CT molecular complexity index is 301. The van der Waals surface area contributed by atoms with Gasteiger partial charge in [0.15, 0.2) is 0 Å². The minimum Gasteiger partial charge on any atom is -0.393 e. The number of hydrogen-bond donors (Lipinski definition) is 0. The molecule has 3 rings (SSSR count). The molecule has 0 amide bonds. The Balaban J connectivity index is 2.01. The first kappa shape index (κ1) is 9.30. The summed E-state index contributed by atoms with van der Waals surface area (Å²) in [5.41, 5.74) is 0. The number of cyclic esters (lactones) is 2. The number of hydrogen-bond acceptors (Lipinski definition) is 4. The summed E-state index contributed by atoms with van der Waals surface area (Å²) < 4.78 is 10.2. The van der Waals surface area contributed by atoms with E-state index in [0.29, 0.717) is 0 Å². The zero-order valence-electron chi connectivity index (χ0n) is 6.85. The van der Waals surface area contributed by atoms with Gasteiger partial charge in [0.05, 0.1) is 21.9 Å². The first-order valence-corrected chi connectivity index (χ1v) is 6.13. The van der Waals surface area contributed by atoms with Crippen LogP contribution in [-0.2, 0) is 19.1 Å². The number of fused-ring (bicyclic) bond motifs is 5. The summed E-state index contributed by atoms with van der Waals surface area (Å²) in [6.45, 7) is 0. The van der Waals surface area contributed by atoms with Crippen LogP contribution in [0.2, 0.25) is 0 Å². The summed E-state index contributed by atoms with van der Waals surface area (Å²) in [7, 11) is 0. The molecule has 3 heterocycles. The maximum absolute atomic E-state index is 11.3. The van der Waals surface area contributed by atoms with E-state index in [4.69, 9.17) is 4.74 Å². The van der Waals surface area contributed by atoms with Gasteiger partial charge in [0, 0.05) is 0 Å². The molecule has 3 aliphatic heterocycles. The maximum Gasteiger partial charge on any atom is 0.320 e. The van der Waals surface area contributed by atoms with E-state index in [1.165, 1.54) is 0 Å². The van der Waals surface area contributed by atoms with Gasteiger partial charge >= 0.3 is 11.9 Å². The summed E-state index contributed by atoms with van der Waals surface area (Å²) in [5, 5.41) is 0. The first-order valence-electron chi connectivity index (χ1n) is 4.30. The number of halogens is 2. The Labute approximate surface area is 96.6 Å². The summed E-state index contributed by atoms with van der Waals surface area (Å²) >= 11 is 6.91. The monoisotopic (exact) mass is 324 g/mol. The fourth-order valence-electron chi connectivity index (χ4n) is 2.46. The van der Waals surface area contributed by atoms with Crippen LogP contribution in [-0.4, -0.2) is 33.8 Å². The summed E-state index contributed by atoms with van der Waals surface area (Å²) in [6.07, 6.45) is -0.457. The zero-order chi connectivity index (χ0) is 10.0. The van der Waals surface area contributed by atoms with Gasteiger partial charge in [0.25, 0.3) is 0 Å². The molecule has 3 saturated heterocycles.